The van der Waals surface area contributed by atoms with E-state index < -0.39 is 5.97 Å². The normalized spacial score (nSPS) is 15.0. The van der Waals surface area contributed by atoms with Gasteiger partial charge in [-0.15, -0.1) is 11.3 Å². The van der Waals surface area contributed by atoms with E-state index in [1.807, 2.05) is 18.2 Å². The van der Waals surface area contributed by atoms with Crippen LogP contribution in [-0.2, 0) is 16.1 Å². The summed E-state index contributed by atoms with van der Waals surface area (Å²) < 4.78 is 17.7. The van der Waals surface area contributed by atoms with E-state index in [4.69, 9.17) is 14.2 Å². The maximum absolute atomic E-state index is 12.9. The third kappa shape index (κ3) is 4.24. The first-order valence-electron chi connectivity index (χ1n) is 9.78. The predicted molar refractivity (Wildman–Crippen MR) is 114 cm³/mol. The number of fused-ring (bicyclic) bond motifs is 2. The molecular weight excluding hydrogens is 422 g/mol. The minimum atomic E-state index is -0.483. The Balaban J connectivity index is 1.43. The molecule has 0 saturated heterocycles. The van der Waals surface area contributed by atoms with Crippen molar-refractivity contribution in [1.29, 1.82) is 0 Å². The van der Waals surface area contributed by atoms with E-state index in [1.54, 1.807) is 19.9 Å². The lowest BCUT2D eigenvalue weighted by molar-refractivity contribution is -0.122. The highest BCUT2D eigenvalue weighted by molar-refractivity contribution is 7.20. The monoisotopic (exact) mass is 443 g/mol. The quantitative estimate of drug-likeness (QED) is 0.580. The summed E-state index contributed by atoms with van der Waals surface area (Å²) in [6.45, 7) is 3.99. The van der Waals surface area contributed by atoms with E-state index in [1.165, 1.54) is 10.9 Å². The van der Waals surface area contributed by atoms with Gasteiger partial charge in [0.2, 0.25) is 5.91 Å². The van der Waals surface area contributed by atoms with Gasteiger partial charge in [-0.25, -0.2) is 9.78 Å². The largest absolute Gasteiger partial charge is 0.486 e. The minimum absolute atomic E-state index is 0.198. The Bertz CT molecular complexity index is 1200. The van der Waals surface area contributed by atoms with E-state index in [2.05, 4.69) is 10.3 Å². The average molecular weight is 443 g/mol. The minimum Gasteiger partial charge on any atom is -0.486 e. The standard InChI is InChI=1S/C21H21N3O6S/c1-3-28-21(27)18-12(2)17-19(31-18)23-11-24(20(17)26)9-16(25)22-8-13-10-29-14-6-4-5-7-15(14)30-13/h4-7,11,13H,3,8-10H2,1-2H3,(H,22,25)/t13-/m0/s1. The number of rotatable bonds is 6. The number of para-hydroxylation sites is 2. The van der Waals surface area contributed by atoms with Crippen molar-refractivity contribution >= 4 is 33.4 Å². The Morgan fingerprint density at radius 3 is 2.87 bits per heavy atom. The second-order valence-corrected chi connectivity index (χ2v) is 7.94. The van der Waals surface area contributed by atoms with Gasteiger partial charge in [0.15, 0.2) is 11.5 Å². The first kappa shape index (κ1) is 20.9. The van der Waals surface area contributed by atoms with Crippen LogP contribution in [0.5, 0.6) is 11.5 Å². The number of nitrogens with one attached hydrogen (secondary N) is 1. The Morgan fingerprint density at radius 2 is 2.10 bits per heavy atom. The molecule has 1 N–H and O–H groups in total. The molecule has 0 bridgehead atoms. The molecule has 0 spiro atoms. The number of aryl methyl sites for hydroxylation is 1. The van der Waals surface area contributed by atoms with Crippen LogP contribution in [0.15, 0.2) is 35.4 Å². The molecule has 31 heavy (non-hydrogen) atoms. The van der Waals surface area contributed by atoms with Crippen molar-refractivity contribution in [2.24, 2.45) is 0 Å². The van der Waals surface area contributed by atoms with Gasteiger partial charge in [0, 0.05) is 0 Å². The molecule has 162 valence electrons. The van der Waals surface area contributed by atoms with Crippen molar-refractivity contribution in [3.63, 3.8) is 0 Å². The summed E-state index contributed by atoms with van der Waals surface area (Å²) in [5.74, 6) is 0.459. The molecule has 4 rings (SSSR count). The maximum atomic E-state index is 12.9. The Hall–Kier alpha value is -3.40. The number of carbonyl (C=O) groups excluding carboxylic acids is 2. The number of hydrogen-bond acceptors (Lipinski definition) is 8. The van der Waals surface area contributed by atoms with E-state index in [9.17, 15) is 14.4 Å². The molecule has 1 aliphatic rings. The Morgan fingerprint density at radius 1 is 1.32 bits per heavy atom. The lowest BCUT2D eigenvalue weighted by atomic mass is 10.2. The van der Waals surface area contributed by atoms with Crippen molar-refractivity contribution in [3.8, 4) is 11.5 Å². The lowest BCUT2D eigenvalue weighted by Crippen LogP contribution is -2.42. The highest BCUT2D eigenvalue weighted by Crippen LogP contribution is 2.30. The number of esters is 1. The fourth-order valence-corrected chi connectivity index (χ4v) is 4.30. The number of benzene rings is 1. The zero-order valence-electron chi connectivity index (χ0n) is 17.0. The Kier molecular flexibility index (Phi) is 5.90. The topological polar surface area (TPSA) is 109 Å². The first-order chi connectivity index (χ1) is 15.0. The second-order valence-electron chi connectivity index (χ2n) is 6.94. The molecule has 3 aromatic rings. The van der Waals surface area contributed by atoms with Crippen LogP contribution >= 0.6 is 11.3 Å². The lowest BCUT2D eigenvalue weighted by Gasteiger charge is -2.26. The fourth-order valence-electron chi connectivity index (χ4n) is 3.27. The highest BCUT2D eigenvalue weighted by Gasteiger charge is 2.23. The summed E-state index contributed by atoms with van der Waals surface area (Å²) in [4.78, 5) is 42.4. The van der Waals surface area contributed by atoms with Crippen LogP contribution in [0.2, 0.25) is 0 Å². The Labute approximate surface area is 181 Å². The van der Waals surface area contributed by atoms with Crippen LogP contribution in [0.25, 0.3) is 10.2 Å². The SMILES string of the molecule is CCOC(=O)c1sc2ncn(CC(=O)NC[C@H]3COc4ccccc4O3)c(=O)c2c1C. The number of thiophene rings is 1. The first-order valence-corrected chi connectivity index (χ1v) is 10.6. The summed E-state index contributed by atoms with van der Waals surface area (Å²) >= 11 is 1.11. The molecule has 1 atom stereocenters. The number of hydrogen-bond donors (Lipinski definition) is 1. The summed E-state index contributed by atoms with van der Waals surface area (Å²) in [5.41, 5.74) is 0.132. The van der Waals surface area contributed by atoms with Crippen LogP contribution in [0.3, 0.4) is 0 Å². The smallest absolute Gasteiger partial charge is 0.348 e. The molecule has 0 radical (unpaired) electrons. The van der Waals surface area contributed by atoms with Gasteiger partial charge in [-0.3, -0.25) is 14.2 Å². The van der Waals surface area contributed by atoms with Gasteiger partial charge in [-0.05, 0) is 31.5 Å². The molecule has 1 aromatic carbocycles. The van der Waals surface area contributed by atoms with Crippen molar-refractivity contribution in [3.05, 3.63) is 51.4 Å². The van der Waals surface area contributed by atoms with Gasteiger partial charge in [-0.1, -0.05) is 12.1 Å². The number of ether oxygens (including phenoxy) is 3. The van der Waals surface area contributed by atoms with Gasteiger partial charge in [-0.2, -0.15) is 0 Å². The maximum Gasteiger partial charge on any atom is 0.348 e. The van der Waals surface area contributed by atoms with Crippen LogP contribution in [0.1, 0.15) is 22.2 Å². The summed E-state index contributed by atoms with van der Waals surface area (Å²) in [5, 5.41) is 3.08. The highest BCUT2D eigenvalue weighted by atomic mass is 32.1. The zero-order chi connectivity index (χ0) is 22.0. The average Bonchev–Trinajstić information content (AvgIpc) is 3.11. The number of aromatic nitrogens is 2. The molecule has 2 aromatic heterocycles. The molecule has 9 nitrogen and oxygen atoms in total. The van der Waals surface area contributed by atoms with Gasteiger partial charge >= 0.3 is 5.97 Å². The van der Waals surface area contributed by atoms with Gasteiger partial charge in [0.1, 0.15) is 29.0 Å². The molecular formula is C21H21N3O6S. The molecule has 0 saturated carbocycles. The molecule has 1 amide bonds. The number of carbonyl (C=O) groups is 2. The summed E-state index contributed by atoms with van der Waals surface area (Å²) in [7, 11) is 0. The zero-order valence-corrected chi connectivity index (χ0v) is 17.9. The van der Waals surface area contributed by atoms with Gasteiger partial charge in [0.05, 0.1) is 24.9 Å². The van der Waals surface area contributed by atoms with Gasteiger partial charge < -0.3 is 19.5 Å². The summed E-state index contributed by atoms with van der Waals surface area (Å²) in [6, 6.07) is 7.33. The predicted octanol–water partition coefficient (Wildman–Crippen LogP) is 1.90. The van der Waals surface area contributed by atoms with Crippen molar-refractivity contribution in [2.45, 2.75) is 26.5 Å². The number of amides is 1. The van der Waals surface area contributed by atoms with E-state index in [0.717, 1.165) is 11.3 Å². The van der Waals surface area contributed by atoms with E-state index in [0.29, 0.717) is 38.8 Å². The third-order valence-electron chi connectivity index (χ3n) is 4.79. The number of nitrogens with zero attached hydrogens (tertiary/aromatic N) is 2. The molecule has 3 heterocycles. The van der Waals surface area contributed by atoms with Crippen molar-refractivity contribution in [1.82, 2.24) is 14.9 Å². The van der Waals surface area contributed by atoms with Crippen molar-refractivity contribution in [2.75, 3.05) is 19.8 Å². The van der Waals surface area contributed by atoms with Crippen LogP contribution in [0, 0.1) is 6.92 Å². The third-order valence-corrected chi connectivity index (χ3v) is 5.97. The van der Waals surface area contributed by atoms with Crippen LogP contribution in [0.4, 0.5) is 0 Å². The molecule has 10 heteroatoms. The molecule has 1 aliphatic heterocycles. The molecule has 0 unspecified atom stereocenters. The van der Waals surface area contributed by atoms with Crippen molar-refractivity contribution < 1.29 is 23.8 Å². The second kappa shape index (κ2) is 8.76. The molecule has 0 aliphatic carbocycles. The fraction of sp³-hybridized carbons (Fsp3) is 0.333. The molecule has 0 fully saturated rings. The van der Waals surface area contributed by atoms with Crippen LogP contribution < -0.4 is 20.3 Å². The van der Waals surface area contributed by atoms with Crippen LogP contribution in [-0.4, -0.2) is 47.3 Å². The van der Waals surface area contributed by atoms with E-state index in [-0.39, 0.29) is 37.3 Å². The van der Waals surface area contributed by atoms with Gasteiger partial charge in [0.25, 0.3) is 5.56 Å². The van der Waals surface area contributed by atoms with E-state index >= 15 is 0 Å². The summed E-state index contributed by atoms with van der Waals surface area (Å²) in [6.07, 6.45) is 0.980.